The summed E-state index contributed by atoms with van der Waals surface area (Å²) in [4.78, 5) is 14.2. The van der Waals surface area contributed by atoms with Crippen molar-refractivity contribution in [3.05, 3.63) is 23.3 Å². The number of esters is 1. The van der Waals surface area contributed by atoms with Gasteiger partial charge >= 0.3 is 5.97 Å². The highest BCUT2D eigenvalue weighted by atomic mass is 19.3. The van der Waals surface area contributed by atoms with E-state index in [-0.39, 0.29) is 17.9 Å². The molecule has 0 atom stereocenters. The minimum absolute atomic E-state index is 0.0319. The van der Waals surface area contributed by atoms with Crippen LogP contribution in [-0.4, -0.2) is 25.2 Å². The molecule has 0 aliphatic heterocycles. The number of carbonyl (C=O) groups is 1. The molecule has 0 N–H and O–H groups in total. The maximum absolute atomic E-state index is 13.3. The highest BCUT2D eigenvalue weighted by molar-refractivity contribution is 5.72. The monoisotopic (exact) mass is 249 g/mol. The zero-order valence-electron chi connectivity index (χ0n) is 9.17. The molecule has 0 bridgehead atoms. The number of pyridine rings is 1. The normalized spacial score (nSPS) is 10.5. The minimum atomic E-state index is -3.04. The van der Waals surface area contributed by atoms with Crippen molar-refractivity contribution in [3.8, 4) is 5.75 Å². The molecule has 1 aromatic rings. The van der Waals surface area contributed by atoms with Crippen molar-refractivity contribution in [3.63, 3.8) is 0 Å². The summed E-state index contributed by atoms with van der Waals surface area (Å²) < 4.78 is 47.2. The van der Waals surface area contributed by atoms with Crippen LogP contribution >= 0.6 is 0 Å². The van der Waals surface area contributed by atoms with Gasteiger partial charge in [0.05, 0.1) is 26.3 Å². The molecular formula is C10H10F3NO3. The molecule has 0 fully saturated rings. The first-order valence-electron chi connectivity index (χ1n) is 4.57. The Morgan fingerprint density at radius 2 is 2.12 bits per heavy atom. The summed E-state index contributed by atoms with van der Waals surface area (Å²) in [5.41, 5.74) is -0.947. The van der Waals surface area contributed by atoms with Gasteiger partial charge in [0.25, 0.3) is 6.43 Å². The highest BCUT2D eigenvalue weighted by Crippen LogP contribution is 2.31. The molecule has 0 radical (unpaired) electrons. The molecule has 0 spiro atoms. The average Bonchev–Trinajstić information content (AvgIpc) is 2.27. The largest absolute Gasteiger partial charge is 0.496 e. The van der Waals surface area contributed by atoms with Crippen LogP contribution in [0.3, 0.4) is 0 Å². The van der Waals surface area contributed by atoms with Gasteiger partial charge in [0, 0.05) is 6.07 Å². The molecule has 0 amide bonds. The van der Waals surface area contributed by atoms with Crippen molar-refractivity contribution in [1.82, 2.24) is 4.98 Å². The Morgan fingerprint density at radius 3 is 2.59 bits per heavy atom. The van der Waals surface area contributed by atoms with Crippen molar-refractivity contribution >= 4 is 5.97 Å². The number of alkyl halides is 2. The van der Waals surface area contributed by atoms with Gasteiger partial charge in [-0.15, -0.1) is 0 Å². The Hall–Kier alpha value is -1.79. The van der Waals surface area contributed by atoms with Crippen LogP contribution in [0.15, 0.2) is 6.07 Å². The Labute approximate surface area is 95.4 Å². The van der Waals surface area contributed by atoms with Gasteiger partial charge in [0.1, 0.15) is 11.3 Å². The quantitative estimate of drug-likeness (QED) is 0.604. The molecule has 1 aromatic heterocycles. The minimum Gasteiger partial charge on any atom is -0.496 e. The number of carbonyl (C=O) groups excluding carboxylic acids is 1. The van der Waals surface area contributed by atoms with E-state index in [1.54, 1.807) is 0 Å². The van der Waals surface area contributed by atoms with Crippen molar-refractivity contribution < 1.29 is 27.4 Å². The summed E-state index contributed by atoms with van der Waals surface area (Å²) in [5.74, 6) is -2.34. The standard InChI is InChI=1S/C10H10F3NO3/c1-16-6-3-5(4-7(15)17-2)14-10(13)8(6)9(11)12/h3,9H,4H2,1-2H3. The fourth-order valence-corrected chi connectivity index (χ4v) is 1.23. The smallest absolute Gasteiger partial charge is 0.311 e. The lowest BCUT2D eigenvalue weighted by Gasteiger charge is -2.10. The lowest BCUT2D eigenvalue weighted by Crippen LogP contribution is -2.09. The maximum Gasteiger partial charge on any atom is 0.311 e. The van der Waals surface area contributed by atoms with Crippen LogP contribution < -0.4 is 4.74 Å². The second-order valence-corrected chi connectivity index (χ2v) is 3.07. The van der Waals surface area contributed by atoms with E-state index < -0.39 is 23.9 Å². The maximum atomic E-state index is 13.3. The number of hydrogen-bond acceptors (Lipinski definition) is 4. The topological polar surface area (TPSA) is 48.4 Å². The van der Waals surface area contributed by atoms with Gasteiger partial charge in [0.15, 0.2) is 0 Å². The Balaban J connectivity index is 3.13. The van der Waals surface area contributed by atoms with Crippen LogP contribution in [0.1, 0.15) is 17.7 Å². The number of rotatable bonds is 4. The first kappa shape index (κ1) is 13.3. The van der Waals surface area contributed by atoms with E-state index in [0.717, 1.165) is 20.3 Å². The second kappa shape index (κ2) is 5.51. The van der Waals surface area contributed by atoms with Crippen LogP contribution in [0, 0.1) is 5.95 Å². The molecule has 1 heterocycles. The van der Waals surface area contributed by atoms with E-state index in [1.165, 1.54) is 0 Å². The van der Waals surface area contributed by atoms with Crippen molar-refractivity contribution in [2.24, 2.45) is 0 Å². The Bertz CT molecular complexity index is 424. The zero-order chi connectivity index (χ0) is 13.0. The first-order chi connectivity index (χ1) is 7.99. The van der Waals surface area contributed by atoms with Crippen molar-refractivity contribution in [2.45, 2.75) is 12.8 Å². The van der Waals surface area contributed by atoms with Crippen LogP contribution in [-0.2, 0) is 16.0 Å². The molecule has 1 rings (SSSR count). The molecule has 0 saturated carbocycles. The van der Waals surface area contributed by atoms with Gasteiger partial charge in [-0.05, 0) is 0 Å². The third kappa shape index (κ3) is 3.08. The second-order valence-electron chi connectivity index (χ2n) is 3.07. The number of halogens is 3. The van der Waals surface area contributed by atoms with Gasteiger partial charge in [-0.3, -0.25) is 4.79 Å². The van der Waals surface area contributed by atoms with Gasteiger partial charge in [-0.25, -0.2) is 13.8 Å². The molecule has 0 unspecified atom stereocenters. The zero-order valence-corrected chi connectivity index (χ0v) is 9.17. The SMILES string of the molecule is COC(=O)Cc1cc(OC)c(C(F)F)c(F)n1. The summed E-state index contributed by atoms with van der Waals surface area (Å²) in [6.07, 6.45) is -3.35. The summed E-state index contributed by atoms with van der Waals surface area (Å²) in [6, 6.07) is 1.08. The molecule has 7 heteroatoms. The lowest BCUT2D eigenvalue weighted by molar-refractivity contribution is -0.139. The first-order valence-corrected chi connectivity index (χ1v) is 4.57. The van der Waals surface area contributed by atoms with E-state index in [9.17, 15) is 18.0 Å². The molecule has 0 aliphatic rings. The third-order valence-electron chi connectivity index (χ3n) is 2.02. The molecule has 17 heavy (non-hydrogen) atoms. The number of hydrogen-bond donors (Lipinski definition) is 0. The molecule has 94 valence electrons. The van der Waals surface area contributed by atoms with Crippen molar-refractivity contribution in [1.29, 1.82) is 0 Å². The fourth-order valence-electron chi connectivity index (χ4n) is 1.23. The van der Waals surface area contributed by atoms with Gasteiger partial charge in [-0.1, -0.05) is 0 Å². The molecule has 0 aromatic carbocycles. The van der Waals surface area contributed by atoms with E-state index in [1.807, 2.05) is 0 Å². The van der Waals surface area contributed by atoms with E-state index in [2.05, 4.69) is 14.5 Å². The van der Waals surface area contributed by atoms with Crippen molar-refractivity contribution in [2.75, 3.05) is 14.2 Å². The molecule has 4 nitrogen and oxygen atoms in total. The molecular weight excluding hydrogens is 239 g/mol. The Morgan fingerprint density at radius 1 is 1.47 bits per heavy atom. The predicted octanol–water partition coefficient (Wildman–Crippen LogP) is 1.88. The van der Waals surface area contributed by atoms with Gasteiger partial charge in [0.2, 0.25) is 5.95 Å². The van der Waals surface area contributed by atoms with Crippen LogP contribution in [0.2, 0.25) is 0 Å². The number of nitrogens with zero attached hydrogens (tertiary/aromatic N) is 1. The summed E-state index contributed by atoms with van der Waals surface area (Å²) >= 11 is 0. The summed E-state index contributed by atoms with van der Waals surface area (Å²) in [6.45, 7) is 0. The predicted molar refractivity (Wildman–Crippen MR) is 51.4 cm³/mol. The summed E-state index contributed by atoms with van der Waals surface area (Å²) in [5, 5.41) is 0. The van der Waals surface area contributed by atoms with E-state index in [4.69, 9.17) is 0 Å². The number of methoxy groups -OCH3 is 2. The third-order valence-corrected chi connectivity index (χ3v) is 2.02. The highest BCUT2D eigenvalue weighted by Gasteiger charge is 2.22. The Kier molecular flexibility index (Phi) is 4.30. The lowest BCUT2D eigenvalue weighted by atomic mass is 10.2. The van der Waals surface area contributed by atoms with Crippen LogP contribution in [0.4, 0.5) is 13.2 Å². The number of ether oxygens (including phenoxy) is 2. The fraction of sp³-hybridized carbons (Fsp3) is 0.400. The molecule has 0 saturated heterocycles. The van der Waals surface area contributed by atoms with Crippen LogP contribution in [0.25, 0.3) is 0 Å². The van der Waals surface area contributed by atoms with E-state index in [0.29, 0.717) is 0 Å². The molecule has 0 aliphatic carbocycles. The van der Waals surface area contributed by atoms with Crippen LogP contribution in [0.5, 0.6) is 5.75 Å². The van der Waals surface area contributed by atoms with E-state index >= 15 is 0 Å². The van der Waals surface area contributed by atoms with Gasteiger partial charge in [-0.2, -0.15) is 4.39 Å². The average molecular weight is 249 g/mol. The van der Waals surface area contributed by atoms with Gasteiger partial charge < -0.3 is 9.47 Å². The number of aromatic nitrogens is 1. The summed E-state index contributed by atoms with van der Waals surface area (Å²) in [7, 11) is 2.28.